The highest BCUT2D eigenvalue weighted by atomic mass is 79.9. The molecular weight excluding hydrogens is 339 g/mol. The molecule has 3 unspecified atom stereocenters. The van der Waals surface area contributed by atoms with Crippen molar-refractivity contribution >= 4 is 39.1 Å². The van der Waals surface area contributed by atoms with Crippen molar-refractivity contribution in [2.45, 2.75) is 37.4 Å². The Kier molecular flexibility index (Phi) is 5.19. The van der Waals surface area contributed by atoms with Gasteiger partial charge in [-0.25, -0.2) is 0 Å². The first-order valence-electron chi connectivity index (χ1n) is 5.99. The van der Waals surface area contributed by atoms with Crippen molar-refractivity contribution < 1.29 is 9.47 Å². The van der Waals surface area contributed by atoms with Crippen LogP contribution in [0, 0.1) is 0 Å². The molecule has 0 heterocycles. The molecule has 1 aromatic rings. The van der Waals surface area contributed by atoms with Gasteiger partial charge < -0.3 is 9.47 Å². The third-order valence-electron chi connectivity index (χ3n) is 2.87. The van der Waals surface area contributed by atoms with Gasteiger partial charge in [0.15, 0.2) is 0 Å². The fourth-order valence-corrected chi connectivity index (χ4v) is 2.75. The van der Waals surface area contributed by atoms with E-state index in [9.17, 15) is 0 Å². The average molecular weight is 354 g/mol. The van der Waals surface area contributed by atoms with Gasteiger partial charge in [0.1, 0.15) is 18.0 Å². The zero-order chi connectivity index (χ0) is 13.1. The van der Waals surface area contributed by atoms with Gasteiger partial charge >= 0.3 is 0 Å². The van der Waals surface area contributed by atoms with Crippen LogP contribution in [0.5, 0.6) is 5.75 Å². The van der Waals surface area contributed by atoms with E-state index in [4.69, 9.17) is 32.7 Å². The van der Waals surface area contributed by atoms with E-state index in [-0.39, 0.29) is 17.6 Å². The van der Waals surface area contributed by atoms with E-state index in [1.165, 1.54) is 0 Å². The van der Waals surface area contributed by atoms with E-state index in [1.54, 1.807) is 6.07 Å². The summed E-state index contributed by atoms with van der Waals surface area (Å²) in [6.45, 7) is 2.78. The molecule has 0 aliphatic heterocycles. The lowest BCUT2D eigenvalue weighted by Gasteiger charge is -2.40. The molecule has 1 aliphatic carbocycles. The maximum Gasteiger partial charge on any atom is 0.139 e. The molecule has 0 radical (unpaired) electrons. The van der Waals surface area contributed by atoms with E-state index in [0.29, 0.717) is 17.4 Å². The molecule has 0 N–H and O–H groups in total. The second kappa shape index (κ2) is 6.47. The Morgan fingerprint density at radius 3 is 2.89 bits per heavy atom. The summed E-state index contributed by atoms with van der Waals surface area (Å²) in [6, 6.07) is 5.55. The minimum atomic E-state index is -0.0401. The van der Waals surface area contributed by atoms with Crippen LogP contribution < -0.4 is 4.74 Å². The zero-order valence-electron chi connectivity index (χ0n) is 10.0. The number of rotatable bonds is 5. The Morgan fingerprint density at radius 2 is 2.22 bits per heavy atom. The molecule has 1 aromatic carbocycles. The van der Waals surface area contributed by atoms with Crippen LogP contribution in [0.3, 0.4) is 0 Å². The SMILES string of the molecule is CCCOC1C(Cl)CC1Oc1cc(Br)ccc1Cl. The van der Waals surface area contributed by atoms with Gasteiger partial charge in [0.25, 0.3) is 0 Å². The maximum absolute atomic E-state index is 6.14. The number of halogens is 3. The van der Waals surface area contributed by atoms with Crippen LogP contribution in [0.25, 0.3) is 0 Å². The van der Waals surface area contributed by atoms with Gasteiger partial charge in [0.05, 0.1) is 10.4 Å². The standard InChI is InChI=1S/C13H15BrCl2O2/c1-2-5-17-13-10(16)7-12(13)18-11-6-8(14)3-4-9(11)15/h3-4,6,10,12-13H,2,5,7H2,1H3. The summed E-state index contributed by atoms with van der Waals surface area (Å²) in [5.74, 6) is 0.671. The monoisotopic (exact) mass is 352 g/mol. The van der Waals surface area contributed by atoms with E-state index in [2.05, 4.69) is 22.9 Å². The number of ether oxygens (including phenoxy) is 2. The molecule has 0 bridgehead atoms. The van der Waals surface area contributed by atoms with Crippen LogP contribution in [-0.4, -0.2) is 24.2 Å². The van der Waals surface area contributed by atoms with Gasteiger partial charge in [0.2, 0.25) is 0 Å². The maximum atomic E-state index is 6.14. The first-order valence-corrected chi connectivity index (χ1v) is 7.60. The van der Waals surface area contributed by atoms with Gasteiger partial charge in [-0.3, -0.25) is 0 Å². The Labute approximate surface area is 126 Å². The van der Waals surface area contributed by atoms with E-state index in [0.717, 1.165) is 17.3 Å². The molecule has 100 valence electrons. The molecule has 5 heteroatoms. The van der Waals surface area contributed by atoms with Crippen LogP contribution in [-0.2, 0) is 4.74 Å². The third kappa shape index (κ3) is 3.32. The van der Waals surface area contributed by atoms with Gasteiger partial charge in [-0.15, -0.1) is 11.6 Å². The first kappa shape index (κ1) is 14.4. The number of alkyl halides is 1. The second-order valence-electron chi connectivity index (χ2n) is 4.32. The topological polar surface area (TPSA) is 18.5 Å². The molecule has 0 spiro atoms. The van der Waals surface area contributed by atoms with Crippen LogP contribution >= 0.6 is 39.1 Å². The predicted molar refractivity (Wildman–Crippen MR) is 77.9 cm³/mol. The lowest BCUT2D eigenvalue weighted by molar-refractivity contribution is -0.0797. The Bertz CT molecular complexity index is 414. The second-order valence-corrected chi connectivity index (χ2v) is 6.20. The number of hydrogen-bond acceptors (Lipinski definition) is 2. The fraction of sp³-hybridized carbons (Fsp3) is 0.538. The van der Waals surface area contributed by atoms with Crippen LogP contribution in [0.15, 0.2) is 22.7 Å². The van der Waals surface area contributed by atoms with Gasteiger partial charge in [-0.2, -0.15) is 0 Å². The molecule has 3 atom stereocenters. The molecule has 1 fully saturated rings. The molecule has 1 saturated carbocycles. The minimum absolute atomic E-state index is 0.00847. The first-order chi connectivity index (χ1) is 8.61. The van der Waals surface area contributed by atoms with E-state index in [1.807, 2.05) is 12.1 Å². The summed E-state index contributed by atoms with van der Waals surface area (Å²) >= 11 is 15.6. The van der Waals surface area contributed by atoms with Crippen molar-refractivity contribution in [2.24, 2.45) is 0 Å². The van der Waals surface area contributed by atoms with Gasteiger partial charge in [0, 0.05) is 17.5 Å². The van der Waals surface area contributed by atoms with Gasteiger partial charge in [-0.1, -0.05) is 34.5 Å². The quantitative estimate of drug-likeness (QED) is 0.717. The molecule has 2 nitrogen and oxygen atoms in total. The Hall–Kier alpha value is 0.0400. The minimum Gasteiger partial charge on any atom is -0.486 e. The van der Waals surface area contributed by atoms with E-state index < -0.39 is 0 Å². The van der Waals surface area contributed by atoms with Crippen molar-refractivity contribution in [1.29, 1.82) is 0 Å². The number of benzene rings is 1. The summed E-state index contributed by atoms with van der Waals surface area (Å²) in [7, 11) is 0. The van der Waals surface area contributed by atoms with Crippen molar-refractivity contribution in [1.82, 2.24) is 0 Å². The normalized spacial score (nSPS) is 26.8. The van der Waals surface area contributed by atoms with Crippen LogP contribution in [0.4, 0.5) is 0 Å². The third-order valence-corrected chi connectivity index (χ3v) is 4.10. The van der Waals surface area contributed by atoms with Gasteiger partial charge in [-0.05, 0) is 24.6 Å². The summed E-state index contributed by atoms with van der Waals surface area (Å²) in [6.07, 6.45) is 1.72. The Balaban J connectivity index is 1.98. The van der Waals surface area contributed by atoms with Crippen LogP contribution in [0.1, 0.15) is 19.8 Å². The highest BCUT2D eigenvalue weighted by Gasteiger charge is 2.42. The largest absolute Gasteiger partial charge is 0.486 e. The zero-order valence-corrected chi connectivity index (χ0v) is 13.1. The number of hydrogen-bond donors (Lipinski definition) is 0. The molecular formula is C13H15BrCl2O2. The average Bonchev–Trinajstić information content (AvgIpc) is 2.33. The molecule has 18 heavy (non-hydrogen) atoms. The summed E-state index contributed by atoms with van der Waals surface area (Å²) in [5.41, 5.74) is 0. The Morgan fingerprint density at radius 1 is 1.44 bits per heavy atom. The smallest absolute Gasteiger partial charge is 0.139 e. The van der Waals surface area contributed by atoms with Crippen LogP contribution in [0.2, 0.25) is 5.02 Å². The molecule has 0 amide bonds. The molecule has 2 rings (SSSR count). The van der Waals surface area contributed by atoms with Crippen molar-refractivity contribution in [3.63, 3.8) is 0 Å². The highest BCUT2D eigenvalue weighted by molar-refractivity contribution is 9.10. The predicted octanol–water partition coefficient (Wildman–Crippen LogP) is 4.66. The summed E-state index contributed by atoms with van der Waals surface area (Å²) < 4.78 is 12.5. The highest BCUT2D eigenvalue weighted by Crippen LogP contribution is 2.36. The fourth-order valence-electron chi connectivity index (χ4n) is 1.84. The summed E-state index contributed by atoms with van der Waals surface area (Å²) in [5, 5.41) is 0.637. The molecule has 0 aromatic heterocycles. The lowest BCUT2D eigenvalue weighted by atomic mass is 9.91. The van der Waals surface area contributed by atoms with E-state index >= 15 is 0 Å². The summed E-state index contributed by atoms with van der Waals surface area (Å²) in [4.78, 5) is 0. The van der Waals surface area contributed by atoms with Crippen molar-refractivity contribution in [3.8, 4) is 5.75 Å². The van der Waals surface area contributed by atoms with Crippen molar-refractivity contribution in [2.75, 3.05) is 6.61 Å². The van der Waals surface area contributed by atoms with Crippen molar-refractivity contribution in [3.05, 3.63) is 27.7 Å². The molecule has 0 saturated heterocycles. The lowest BCUT2D eigenvalue weighted by Crippen LogP contribution is -2.52. The molecule has 1 aliphatic rings.